The van der Waals surface area contributed by atoms with Gasteiger partial charge < -0.3 is 15.0 Å². The highest BCUT2D eigenvalue weighted by Gasteiger charge is 2.23. The number of thioether (sulfide) groups is 1. The third-order valence-corrected chi connectivity index (χ3v) is 6.11. The molecular formula is C25H23N7OS. The number of benzene rings is 1. The predicted octanol–water partition coefficient (Wildman–Crippen LogP) is 4.57. The normalized spacial score (nSPS) is 12.9. The van der Waals surface area contributed by atoms with E-state index in [-0.39, 0.29) is 0 Å². The third kappa shape index (κ3) is 4.21. The van der Waals surface area contributed by atoms with Crippen molar-refractivity contribution in [1.82, 2.24) is 19.5 Å². The maximum atomic E-state index is 10.00. The van der Waals surface area contributed by atoms with E-state index >= 15 is 0 Å². The maximum Gasteiger partial charge on any atom is 0.177 e. The molecule has 34 heavy (non-hydrogen) atoms. The van der Waals surface area contributed by atoms with E-state index in [1.54, 1.807) is 11.6 Å². The molecule has 2 heterocycles. The van der Waals surface area contributed by atoms with Crippen molar-refractivity contribution >= 4 is 23.2 Å². The zero-order chi connectivity index (χ0) is 24.2. The molecule has 2 aromatic heterocycles. The molecular weight excluding hydrogens is 446 g/mol. The minimum atomic E-state index is 0.310. The molecule has 0 saturated carbocycles. The number of nitrogens with one attached hydrogen (secondary N) is 1. The van der Waals surface area contributed by atoms with Gasteiger partial charge in [-0.25, -0.2) is 9.50 Å². The Hall–Kier alpha value is -4.21. The zero-order valence-electron chi connectivity index (χ0n) is 19.3. The van der Waals surface area contributed by atoms with Gasteiger partial charge in [0.15, 0.2) is 11.5 Å². The Morgan fingerprint density at radius 2 is 1.85 bits per heavy atom. The number of methoxy groups -OCH3 is 1. The number of aromatic nitrogens is 3. The van der Waals surface area contributed by atoms with Crippen LogP contribution in [-0.4, -0.2) is 47.0 Å². The first-order valence-corrected chi connectivity index (χ1v) is 11.7. The summed E-state index contributed by atoms with van der Waals surface area (Å²) >= 11 is 1.36. The van der Waals surface area contributed by atoms with Crippen molar-refractivity contribution in [1.29, 1.82) is 10.5 Å². The summed E-state index contributed by atoms with van der Waals surface area (Å²) < 4.78 is 6.85. The number of hydrogen-bond donors (Lipinski definition) is 1. The van der Waals surface area contributed by atoms with Gasteiger partial charge in [0.1, 0.15) is 34.0 Å². The summed E-state index contributed by atoms with van der Waals surface area (Å²) in [5, 5.41) is 28.5. The molecule has 1 aliphatic rings. The number of ether oxygens (including phenoxy) is 1. The van der Waals surface area contributed by atoms with Crippen molar-refractivity contribution in [3.8, 4) is 29.1 Å². The first-order chi connectivity index (χ1) is 16.5. The molecule has 0 unspecified atom stereocenters. The van der Waals surface area contributed by atoms with Gasteiger partial charge in [0, 0.05) is 37.5 Å². The summed E-state index contributed by atoms with van der Waals surface area (Å²) in [6.07, 6.45) is 10.7. The molecule has 3 aromatic rings. The summed E-state index contributed by atoms with van der Waals surface area (Å²) in [7, 11) is 5.61. The molecule has 4 rings (SSSR count). The van der Waals surface area contributed by atoms with Crippen LogP contribution in [0.2, 0.25) is 0 Å². The number of nitrogens with zero attached hydrogens (tertiary/aromatic N) is 6. The quantitative estimate of drug-likeness (QED) is 0.414. The number of allylic oxidation sites excluding steroid dienone is 4. The average Bonchev–Trinajstić information content (AvgIpc) is 3.02. The molecule has 8 nitrogen and oxygen atoms in total. The number of rotatable bonds is 6. The van der Waals surface area contributed by atoms with Crippen LogP contribution in [0.15, 0.2) is 65.0 Å². The van der Waals surface area contributed by atoms with Crippen molar-refractivity contribution < 1.29 is 4.74 Å². The summed E-state index contributed by atoms with van der Waals surface area (Å²) in [6, 6.07) is 11.9. The van der Waals surface area contributed by atoms with Gasteiger partial charge in [-0.15, -0.1) is 16.9 Å². The van der Waals surface area contributed by atoms with E-state index in [1.165, 1.54) is 11.8 Å². The van der Waals surface area contributed by atoms with Crippen molar-refractivity contribution in [2.45, 2.75) is 11.4 Å². The van der Waals surface area contributed by atoms with Gasteiger partial charge in [0.2, 0.25) is 0 Å². The van der Waals surface area contributed by atoms with E-state index in [2.05, 4.69) is 38.5 Å². The van der Waals surface area contributed by atoms with Gasteiger partial charge >= 0.3 is 0 Å². The molecule has 0 radical (unpaired) electrons. The third-order valence-electron chi connectivity index (χ3n) is 5.43. The van der Waals surface area contributed by atoms with Crippen LogP contribution in [0.4, 0.5) is 5.82 Å². The van der Waals surface area contributed by atoms with Gasteiger partial charge in [-0.05, 0) is 48.7 Å². The van der Waals surface area contributed by atoms with E-state index in [4.69, 9.17) is 4.74 Å². The van der Waals surface area contributed by atoms with Gasteiger partial charge in [-0.2, -0.15) is 10.5 Å². The Morgan fingerprint density at radius 3 is 2.47 bits per heavy atom. The van der Waals surface area contributed by atoms with Crippen LogP contribution in [0.25, 0.3) is 16.9 Å². The zero-order valence-corrected chi connectivity index (χ0v) is 20.1. The highest BCUT2D eigenvalue weighted by Crippen LogP contribution is 2.34. The van der Waals surface area contributed by atoms with Crippen molar-refractivity contribution in [3.63, 3.8) is 0 Å². The smallest absolute Gasteiger partial charge is 0.177 e. The Balaban J connectivity index is 1.91. The predicted molar refractivity (Wildman–Crippen MR) is 133 cm³/mol. The lowest BCUT2D eigenvalue weighted by Gasteiger charge is -2.14. The van der Waals surface area contributed by atoms with Crippen LogP contribution in [-0.2, 0) is 0 Å². The van der Waals surface area contributed by atoms with Crippen LogP contribution < -0.4 is 10.1 Å². The van der Waals surface area contributed by atoms with E-state index < -0.39 is 0 Å². The molecule has 9 heteroatoms. The van der Waals surface area contributed by atoms with E-state index in [0.717, 1.165) is 23.4 Å². The molecule has 0 atom stereocenters. The van der Waals surface area contributed by atoms with Crippen LogP contribution >= 0.6 is 11.8 Å². The second-order valence-electron chi connectivity index (χ2n) is 7.66. The summed E-state index contributed by atoms with van der Waals surface area (Å²) in [6.45, 7) is 0. The minimum absolute atomic E-state index is 0.310. The Morgan fingerprint density at radius 1 is 1.12 bits per heavy atom. The standard InChI is InChI=1S/C25H23N7OS/c1-31(2)18-7-5-6-17(10-11-18)28-23-21(15-27)24-29-25(34-4)20(14-26)22(32(24)30-23)16-8-12-19(33-3)13-9-16/h5-6,8-13H,7H2,1-4H3,(H,28,30). The van der Waals surface area contributed by atoms with Crippen LogP contribution in [0.1, 0.15) is 17.5 Å². The second-order valence-corrected chi connectivity index (χ2v) is 8.46. The van der Waals surface area contributed by atoms with Crippen molar-refractivity contribution in [3.05, 3.63) is 71.1 Å². The Bertz CT molecular complexity index is 1420. The fourth-order valence-corrected chi connectivity index (χ4v) is 4.17. The summed E-state index contributed by atoms with van der Waals surface area (Å²) in [5.41, 5.74) is 4.40. The maximum absolute atomic E-state index is 10.00. The van der Waals surface area contributed by atoms with Crippen LogP contribution in [0.3, 0.4) is 0 Å². The largest absolute Gasteiger partial charge is 0.497 e. The van der Waals surface area contributed by atoms with Crippen molar-refractivity contribution in [2.75, 3.05) is 32.8 Å². The molecule has 1 aliphatic carbocycles. The van der Waals surface area contributed by atoms with E-state index in [0.29, 0.717) is 39.1 Å². The fourth-order valence-electron chi connectivity index (χ4n) is 3.65. The van der Waals surface area contributed by atoms with E-state index in [1.807, 2.05) is 62.8 Å². The molecule has 1 N–H and O–H groups in total. The fraction of sp³-hybridized carbons (Fsp3) is 0.200. The SMILES string of the molecule is COc1ccc(-c2c(C#N)c(SC)nc3c(C#N)c(NC4=CC=C(N(C)C)CC=C4)nn23)cc1. The number of fused-ring (bicyclic) bond motifs is 1. The first kappa shape index (κ1) is 23.0. The molecule has 1 aromatic carbocycles. The molecule has 0 saturated heterocycles. The highest BCUT2D eigenvalue weighted by molar-refractivity contribution is 7.98. The molecule has 0 bridgehead atoms. The second kappa shape index (κ2) is 9.74. The molecule has 170 valence electrons. The molecule has 0 amide bonds. The summed E-state index contributed by atoms with van der Waals surface area (Å²) in [4.78, 5) is 6.68. The number of hydrogen-bond acceptors (Lipinski definition) is 8. The monoisotopic (exact) mass is 469 g/mol. The lowest BCUT2D eigenvalue weighted by molar-refractivity contribution is 0.415. The number of anilines is 1. The highest BCUT2D eigenvalue weighted by atomic mass is 32.2. The Labute approximate surface area is 202 Å². The Kier molecular flexibility index (Phi) is 6.58. The van der Waals surface area contributed by atoms with Crippen LogP contribution in [0.5, 0.6) is 5.75 Å². The van der Waals surface area contributed by atoms with Crippen LogP contribution in [0, 0.1) is 22.7 Å². The topological polar surface area (TPSA) is 102 Å². The molecule has 0 aliphatic heterocycles. The van der Waals surface area contributed by atoms with Gasteiger partial charge in [-0.1, -0.05) is 6.08 Å². The van der Waals surface area contributed by atoms with E-state index in [9.17, 15) is 10.5 Å². The van der Waals surface area contributed by atoms with Gasteiger partial charge in [0.25, 0.3) is 0 Å². The van der Waals surface area contributed by atoms with Crippen molar-refractivity contribution in [2.24, 2.45) is 0 Å². The van der Waals surface area contributed by atoms with Gasteiger partial charge in [-0.3, -0.25) is 0 Å². The van der Waals surface area contributed by atoms with Gasteiger partial charge in [0.05, 0.1) is 12.8 Å². The molecule has 0 spiro atoms. The lowest BCUT2D eigenvalue weighted by Crippen LogP contribution is -2.09. The minimum Gasteiger partial charge on any atom is -0.497 e. The lowest BCUT2D eigenvalue weighted by atomic mass is 10.1. The molecule has 0 fully saturated rings. The number of nitriles is 2. The average molecular weight is 470 g/mol. The summed E-state index contributed by atoms with van der Waals surface area (Å²) in [5.74, 6) is 1.08. The first-order valence-electron chi connectivity index (χ1n) is 10.5.